The van der Waals surface area contributed by atoms with Gasteiger partial charge in [-0.2, -0.15) is 0 Å². The van der Waals surface area contributed by atoms with E-state index in [1.807, 2.05) is 42.5 Å². The second-order valence-electron chi connectivity index (χ2n) is 10.7. The number of nitrogens with zero attached hydrogens (tertiary/aromatic N) is 2. The highest BCUT2D eigenvalue weighted by Gasteiger charge is 2.24. The van der Waals surface area contributed by atoms with Gasteiger partial charge in [-0.1, -0.05) is 133 Å². The normalized spacial score (nSPS) is 14.7. The van der Waals surface area contributed by atoms with Crippen molar-refractivity contribution in [1.82, 2.24) is 5.32 Å². The van der Waals surface area contributed by atoms with Crippen LogP contribution in [0.15, 0.2) is 166 Å². The zero-order chi connectivity index (χ0) is 28.6. The fourth-order valence-electron chi connectivity index (χ4n) is 5.81. The molecule has 0 aliphatic carbocycles. The molecule has 0 bridgehead atoms. The van der Waals surface area contributed by atoms with Gasteiger partial charge in [0.05, 0.1) is 0 Å². The van der Waals surface area contributed by atoms with Crippen LogP contribution >= 0.6 is 0 Å². The van der Waals surface area contributed by atoms with Crippen molar-refractivity contribution in [1.29, 1.82) is 0 Å². The molecule has 4 heteroatoms. The third-order valence-electron chi connectivity index (χ3n) is 7.96. The quantitative estimate of drug-likeness (QED) is 0.231. The lowest BCUT2D eigenvalue weighted by molar-refractivity contribution is 0.667. The van der Waals surface area contributed by atoms with Gasteiger partial charge in [0.2, 0.25) is 0 Å². The summed E-state index contributed by atoms with van der Waals surface area (Å²) < 4.78 is 6.34. The highest BCUT2D eigenvalue weighted by atomic mass is 16.3. The molecule has 6 aromatic carbocycles. The van der Waals surface area contributed by atoms with Crippen LogP contribution in [-0.4, -0.2) is 11.7 Å². The minimum Gasteiger partial charge on any atom is -0.456 e. The van der Waals surface area contributed by atoms with Crippen LogP contribution in [0.5, 0.6) is 0 Å². The van der Waals surface area contributed by atoms with Crippen LogP contribution in [0, 0.1) is 0 Å². The van der Waals surface area contributed by atoms with Gasteiger partial charge in [-0.25, -0.2) is 9.98 Å². The monoisotopic (exact) mass is 553 g/mol. The maximum absolute atomic E-state index is 6.34. The summed E-state index contributed by atoms with van der Waals surface area (Å²) in [5.74, 6) is 1.57. The Bertz CT molecular complexity index is 2130. The van der Waals surface area contributed by atoms with E-state index in [1.54, 1.807) is 0 Å². The molecule has 1 N–H and O–H groups in total. The van der Waals surface area contributed by atoms with Gasteiger partial charge in [-0.05, 0) is 40.5 Å². The third kappa shape index (κ3) is 4.69. The summed E-state index contributed by atoms with van der Waals surface area (Å²) in [4.78, 5) is 10.4. The second-order valence-corrected chi connectivity index (χ2v) is 10.7. The highest BCUT2D eigenvalue weighted by Crippen LogP contribution is 2.38. The molecule has 1 aliphatic rings. The second kappa shape index (κ2) is 10.6. The predicted molar refractivity (Wildman–Crippen MR) is 176 cm³/mol. The number of nitrogens with one attached hydrogen (secondary N) is 1. The molecule has 0 fully saturated rings. The topological polar surface area (TPSA) is 49.9 Å². The molecule has 1 aromatic heterocycles. The van der Waals surface area contributed by atoms with Crippen molar-refractivity contribution in [3.63, 3.8) is 0 Å². The molecule has 7 aromatic rings. The fraction of sp³-hybridized carbons (Fsp3) is 0.0256. The molecule has 0 saturated heterocycles. The Kier molecular flexibility index (Phi) is 6.16. The highest BCUT2D eigenvalue weighted by molar-refractivity contribution is 6.16. The van der Waals surface area contributed by atoms with Gasteiger partial charge in [-0.15, -0.1) is 0 Å². The number of hydrogen-bond donors (Lipinski definition) is 1. The molecule has 43 heavy (non-hydrogen) atoms. The standard InChI is InChI=1S/C39H27N3O/c1-4-11-26(12-5-1)28-19-21-30(22-20-28)38-40-37(29-15-8-3-9-16-29)41-39(42-38)32-17-10-18-35-36(32)33-25-31(23-24-34(33)43-35)27-13-6-2-7-14-27/h1-25,39H,(H,40,41,42). The maximum Gasteiger partial charge on any atom is 0.170 e. The predicted octanol–water partition coefficient (Wildman–Crippen LogP) is 9.42. The van der Waals surface area contributed by atoms with Gasteiger partial charge in [0.1, 0.15) is 22.8 Å². The first-order valence-electron chi connectivity index (χ1n) is 14.4. The summed E-state index contributed by atoms with van der Waals surface area (Å²) in [5.41, 5.74) is 9.37. The van der Waals surface area contributed by atoms with Crippen molar-refractivity contribution in [2.24, 2.45) is 9.98 Å². The summed E-state index contributed by atoms with van der Waals surface area (Å²) in [6.45, 7) is 0. The van der Waals surface area contributed by atoms with Gasteiger partial charge >= 0.3 is 0 Å². The summed E-state index contributed by atoms with van der Waals surface area (Å²) >= 11 is 0. The van der Waals surface area contributed by atoms with E-state index in [4.69, 9.17) is 14.4 Å². The van der Waals surface area contributed by atoms with Gasteiger partial charge in [0.15, 0.2) is 6.17 Å². The largest absolute Gasteiger partial charge is 0.456 e. The average molecular weight is 554 g/mol. The summed E-state index contributed by atoms with van der Waals surface area (Å²) in [5, 5.41) is 5.63. The van der Waals surface area contributed by atoms with Crippen LogP contribution in [-0.2, 0) is 0 Å². The minimum absolute atomic E-state index is 0.454. The Morgan fingerprint density at radius 1 is 0.442 bits per heavy atom. The molecule has 0 saturated carbocycles. The fourth-order valence-corrected chi connectivity index (χ4v) is 5.81. The lowest BCUT2D eigenvalue weighted by atomic mass is 9.99. The number of amidine groups is 2. The van der Waals surface area contributed by atoms with Crippen molar-refractivity contribution in [3.8, 4) is 22.3 Å². The Morgan fingerprint density at radius 2 is 0.953 bits per heavy atom. The molecular weight excluding hydrogens is 526 g/mol. The number of furan rings is 1. The van der Waals surface area contributed by atoms with Crippen molar-refractivity contribution in [2.45, 2.75) is 6.17 Å². The average Bonchev–Trinajstić information content (AvgIpc) is 3.47. The first-order valence-corrected chi connectivity index (χ1v) is 14.4. The summed E-state index contributed by atoms with van der Waals surface area (Å²) in [6.07, 6.45) is -0.454. The maximum atomic E-state index is 6.34. The lowest BCUT2D eigenvalue weighted by Crippen LogP contribution is -2.36. The molecule has 0 spiro atoms. The van der Waals surface area contributed by atoms with Gasteiger partial charge < -0.3 is 9.73 Å². The minimum atomic E-state index is -0.454. The SMILES string of the molecule is c1ccc(C2=NC(c3cccc4oc5ccc(-c6ccccc6)cc5c34)N=C(c3ccc(-c4ccccc4)cc3)N2)cc1. The molecule has 2 heterocycles. The molecule has 0 amide bonds. The first kappa shape index (κ1) is 25.0. The van der Waals surface area contributed by atoms with Gasteiger partial charge in [0.25, 0.3) is 0 Å². The van der Waals surface area contributed by atoms with Crippen LogP contribution in [0.3, 0.4) is 0 Å². The van der Waals surface area contributed by atoms with E-state index in [1.165, 1.54) is 11.1 Å². The third-order valence-corrected chi connectivity index (χ3v) is 7.96. The smallest absolute Gasteiger partial charge is 0.170 e. The van der Waals surface area contributed by atoms with Crippen LogP contribution in [0.1, 0.15) is 22.9 Å². The molecule has 4 nitrogen and oxygen atoms in total. The van der Waals surface area contributed by atoms with Crippen LogP contribution < -0.4 is 5.32 Å². The Labute approximate surface area is 249 Å². The van der Waals surface area contributed by atoms with Crippen molar-refractivity contribution >= 4 is 33.6 Å². The van der Waals surface area contributed by atoms with E-state index in [0.717, 1.165) is 61.4 Å². The van der Waals surface area contributed by atoms with E-state index in [9.17, 15) is 0 Å². The van der Waals surface area contributed by atoms with E-state index >= 15 is 0 Å². The molecule has 8 rings (SSSR count). The molecule has 0 radical (unpaired) electrons. The number of benzene rings is 6. The van der Waals surface area contributed by atoms with Gasteiger partial charge in [-0.3, -0.25) is 0 Å². The van der Waals surface area contributed by atoms with Crippen molar-refractivity contribution < 1.29 is 4.42 Å². The molecule has 204 valence electrons. The Morgan fingerprint density at radius 3 is 1.60 bits per heavy atom. The van der Waals surface area contributed by atoms with Crippen molar-refractivity contribution in [2.75, 3.05) is 0 Å². The molecule has 1 aliphatic heterocycles. The summed E-state index contributed by atoms with van der Waals surface area (Å²) in [7, 11) is 0. The number of hydrogen-bond acceptors (Lipinski definition) is 4. The van der Waals surface area contributed by atoms with E-state index in [2.05, 4.69) is 115 Å². The Hall–Kier alpha value is -5.74. The van der Waals surface area contributed by atoms with E-state index in [-0.39, 0.29) is 0 Å². The lowest BCUT2D eigenvalue weighted by Gasteiger charge is -2.23. The van der Waals surface area contributed by atoms with Crippen LogP contribution in [0.4, 0.5) is 0 Å². The number of rotatable bonds is 5. The molecule has 1 unspecified atom stereocenters. The van der Waals surface area contributed by atoms with Gasteiger partial charge in [0, 0.05) is 27.5 Å². The zero-order valence-electron chi connectivity index (χ0n) is 23.3. The Balaban J connectivity index is 1.27. The number of aliphatic imine (C=N–C) groups is 2. The number of fused-ring (bicyclic) bond motifs is 3. The zero-order valence-corrected chi connectivity index (χ0v) is 23.3. The van der Waals surface area contributed by atoms with E-state index < -0.39 is 6.17 Å². The van der Waals surface area contributed by atoms with E-state index in [0.29, 0.717) is 0 Å². The summed E-state index contributed by atoms with van der Waals surface area (Å²) in [6, 6.07) is 52.2. The molecular formula is C39H27N3O. The van der Waals surface area contributed by atoms with Crippen LogP contribution in [0.2, 0.25) is 0 Å². The first-order chi connectivity index (χ1) is 21.3. The molecule has 1 atom stereocenters. The van der Waals surface area contributed by atoms with Crippen LogP contribution in [0.25, 0.3) is 44.2 Å². The van der Waals surface area contributed by atoms with Crippen molar-refractivity contribution in [3.05, 3.63) is 168 Å².